The molecule has 1 aromatic carbocycles. The number of aromatic nitrogens is 2. The van der Waals surface area contributed by atoms with Gasteiger partial charge in [0.1, 0.15) is 12.3 Å². The SMILES string of the molecule is CCn1c(C)[n+](CCO)c2ccc(OC)cc21. The average molecular weight is 235 g/mol. The molecule has 0 aliphatic heterocycles. The van der Waals surface area contributed by atoms with E-state index < -0.39 is 0 Å². The topological polar surface area (TPSA) is 38.3 Å². The highest BCUT2D eigenvalue weighted by molar-refractivity contribution is 5.74. The fourth-order valence-electron chi connectivity index (χ4n) is 2.35. The summed E-state index contributed by atoms with van der Waals surface area (Å²) in [5, 5.41) is 9.13. The molecular formula is C13H19N2O2+. The summed E-state index contributed by atoms with van der Waals surface area (Å²) < 4.78 is 9.63. The van der Waals surface area contributed by atoms with Crippen LogP contribution in [-0.2, 0) is 13.1 Å². The van der Waals surface area contributed by atoms with Crippen molar-refractivity contribution in [3.63, 3.8) is 0 Å². The Kier molecular flexibility index (Phi) is 3.33. The molecule has 0 aliphatic carbocycles. The summed E-state index contributed by atoms with van der Waals surface area (Å²) in [5.41, 5.74) is 2.29. The molecule has 0 atom stereocenters. The molecule has 17 heavy (non-hydrogen) atoms. The Morgan fingerprint density at radius 1 is 1.41 bits per heavy atom. The summed E-state index contributed by atoms with van der Waals surface area (Å²) in [7, 11) is 1.68. The van der Waals surface area contributed by atoms with E-state index in [2.05, 4.69) is 23.0 Å². The van der Waals surface area contributed by atoms with Crippen LogP contribution >= 0.6 is 0 Å². The van der Waals surface area contributed by atoms with Crippen LogP contribution in [0.2, 0.25) is 0 Å². The first-order chi connectivity index (χ1) is 8.22. The first-order valence-corrected chi connectivity index (χ1v) is 5.90. The lowest BCUT2D eigenvalue weighted by molar-refractivity contribution is -0.679. The number of fused-ring (bicyclic) bond motifs is 1. The number of hydrogen-bond donors (Lipinski definition) is 1. The molecule has 0 aliphatic rings. The van der Waals surface area contributed by atoms with E-state index in [4.69, 9.17) is 9.84 Å². The van der Waals surface area contributed by atoms with Gasteiger partial charge < -0.3 is 9.84 Å². The summed E-state index contributed by atoms with van der Waals surface area (Å²) in [6.07, 6.45) is 0. The van der Waals surface area contributed by atoms with Crippen LogP contribution in [0.1, 0.15) is 12.7 Å². The predicted octanol–water partition coefficient (Wildman–Crippen LogP) is 1.26. The molecule has 2 rings (SSSR count). The number of ether oxygens (including phenoxy) is 1. The van der Waals surface area contributed by atoms with E-state index in [1.54, 1.807) is 7.11 Å². The van der Waals surface area contributed by atoms with Gasteiger partial charge in [-0.1, -0.05) is 0 Å². The van der Waals surface area contributed by atoms with Crippen molar-refractivity contribution >= 4 is 11.0 Å². The number of aliphatic hydroxyl groups excluding tert-OH is 1. The number of aryl methyl sites for hydroxylation is 1. The maximum absolute atomic E-state index is 9.13. The smallest absolute Gasteiger partial charge is 0.254 e. The van der Waals surface area contributed by atoms with E-state index in [0.717, 1.165) is 29.2 Å². The van der Waals surface area contributed by atoms with Gasteiger partial charge in [0.2, 0.25) is 0 Å². The molecule has 92 valence electrons. The molecule has 1 aromatic heterocycles. The number of nitrogens with zero attached hydrogens (tertiary/aromatic N) is 2. The molecule has 0 unspecified atom stereocenters. The summed E-state index contributed by atoms with van der Waals surface area (Å²) in [4.78, 5) is 0. The zero-order valence-corrected chi connectivity index (χ0v) is 10.6. The minimum Gasteiger partial charge on any atom is -0.497 e. The van der Waals surface area contributed by atoms with Gasteiger partial charge in [0.05, 0.1) is 20.3 Å². The van der Waals surface area contributed by atoms with Gasteiger partial charge in [0, 0.05) is 13.0 Å². The monoisotopic (exact) mass is 235 g/mol. The Balaban J connectivity index is 2.70. The van der Waals surface area contributed by atoms with Gasteiger partial charge >= 0.3 is 0 Å². The second kappa shape index (κ2) is 4.75. The van der Waals surface area contributed by atoms with Crippen LogP contribution in [-0.4, -0.2) is 23.4 Å². The maximum atomic E-state index is 9.13. The van der Waals surface area contributed by atoms with E-state index in [1.807, 2.05) is 18.2 Å². The highest BCUT2D eigenvalue weighted by atomic mass is 16.5. The largest absolute Gasteiger partial charge is 0.497 e. The van der Waals surface area contributed by atoms with Crippen LogP contribution in [0.5, 0.6) is 5.75 Å². The molecule has 0 saturated carbocycles. The summed E-state index contributed by atoms with van der Waals surface area (Å²) in [5.74, 6) is 2.02. The minimum atomic E-state index is 0.153. The standard InChI is InChI=1S/C13H19N2O2/c1-4-14-10(2)15(7-8-16)12-6-5-11(17-3)9-13(12)14/h5-6,9,16H,4,7-8H2,1-3H3/q+1. The third-order valence-corrected chi connectivity index (χ3v) is 3.19. The second-order valence-corrected chi connectivity index (χ2v) is 4.02. The molecule has 2 aromatic rings. The highest BCUT2D eigenvalue weighted by Gasteiger charge is 2.20. The lowest BCUT2D eigenvalue weighted by Gasteiger charge is -1.98. The molecule has 4 nitrogen and oxygen atoms in total. The lowest BCUT2D eigenvalue weighted by atomic mass is 10.3. The molecular weight excluding hydrogens is 216 g/mol. The number of aliphatic hydroxyl groups is 1. The molecule has 0 saturated heterocycles. The van der Waals surface area contributed by atoms with Crippen molar-refractivity contribution in [3.8, 4) is 5.75 Å². The van der Waals surface area contributed by atoms with Crippen molar-refractivity contribution in [1.82, 2.24) is 4.57 Å². The van der Waals surface area contributed by atoms with Gasteiger partial charge in [-0.25, -0.2) is 9.13 Å². The number of benzene rings is 1. The van der Waals surface area contributed by atoms with Gasteiger partial charge in [0.15, 0.2) is 11.0 Å². The Morgan fingerprint density at radius 3 is 2.76 bits per heavy atom. The fourth-order valence-corrected chi connectivity index (χ4v) is 2.35. The van der Waals surface area contributed by atoms with Crippen molar-refractivity contribution in [1.29, 1.82) is 0 Å². The average Bonchev–Trinajstić information content (AvgIpc) is 2.62. The van der Waals surface area contributed by atoms with Gasteiger partial charge in [-0.05, 0) is 19.1 Å². The Morgan fingerprint density at radius 2 is 2.18 bits per heavy atom. The third kappa shape index (κ3) is 1.89. The number of imidazole rings is 1. The summed E-state index contributed by atoms with van der Waals surface area (Å²) in [6.45, 7) is 5.89. The Labute approximate surface area is 101 Å². The van der Waals surface area contributed by atoms with Crippen molar-refractivity contribution < 1.29 is 14.4 Å². The molecule has 0 fully saturated rings. The van der Waals surface area contributed by atoms with Gasteiger partial charge in [0.25, 0.3) is 5.82 Å². The van der Waals surface area contributed by atoms with Crippen LogP contribution in [0.15, 0.2) is 18.2 Å². The summed E-state index contributed by atoms with van der Waals surface area (Å²) in [6, 6.07) is 6.04. The Hall–Kier alpha value is -1.55. The van der Waals surface area contributed by atoms with Crippen molar-refractivity contribution in [3.05, 3.63) is 24.0 Å². The van der Waals surface area contributed by atoms with E-state index in [1.165, 1.54) is 0 Å². The zero-order chi connectivity index (χ0) is 12.4. The van der Waals surface area contributed by atoms with Crippen LogP contribution in [0, 0.1) is 6.92 Å². The predicted molar refractivity (Wildman–Crippen MR) is 66.2 cm³/mol. The molecule has 0 amide bonds. The summed E-state index contributed by atoms with van der Waals surface area (Å²) >= 11 is 0. The number of hydrogen-bond acceptors (Lipinski definition) is 2. The highest BCUT2D eigenvalue weighted by Crippen LogP contribution is 2.20. The quantitative estimate of drug-likeness (QED) is 0.810. The van der Waals surface area contributed by atoms with E-state index in [9.17, 15) is 0 Å². The van der Waals surface area contributed by atoms with Gasteiger partial charge in [-0.15, -0.1) is 0 Å². The van der Waals surface area contributed by atoms with Crippen LogP contribution in [0.25, 0.3) is 11.0 Å². The number of methoxy groups -OCH3 is 1. The fraction of sp³-hybridized carbons (Fsp3) is 0.462. The molecule has 0 spiro atoms. The zero-order valence-electron chi connectivity index (χ0n) is 10.6. The normalized spacial score (nSPS) is 11.1. The van der Waals surface area contributed by atoms with Gasteiger partial charge in [-0.2, -0.15) is 0 Å². The molecule has 0 bridgehead atoms. The maximum Gasteiger partial charge on any atom is 0.254 e. The van der Waals surface area contributed by atoms with E-state index >= 15 is 0 Å². The van der Waals surface area contributed by atoms with Crippen molar-refractivity contribution in [2.24, 2.45) is 0 Å². The molecule has 4 heteroatoms. The Bertz CT molecular complexity index is 532. The van der Waals surface area contributed by atoms with Crippen LogP contribution < -0.4 is 9.30 Å². The molecule has 0 radical (unpaired) electrons. The first kappa shape index (κ1) is 11.9. The van der Waals surface area contributed by atoms with Crippen molar-refractivity contribution in [2.45, 2.75) is 26.9 Å². The van der Waals surface area contributed by atoms with E-state index in [-0.39, 0.29) is 6.61 Å². The van der Waals surface area contributed by atoms with E-state index in [0.29, 0.717) is 6.54 Å². The first-order valence-electron chi connectivity index (χ1n) is 5.90. The van der Waals surface area contributed by atoms with Gasteiger partial charge in [-0.3, -0.25) is 0 Å². The van der Waals surface area contributed by atoms with Crippen molar-refractivity contribution in [2.75, 3.05) is 13.7 Å². The molecule has 1 heterocycles. The number of rotatable bonds is 4. The minimum absolute atomic E-state index is 0.153. The van der Waals surface area contributed by atoms with Crippen LogP contribution in [0.3, 0.4) is 0 Å². The second-order valence-electron chi connectivity index (χ2n) is 4.02. The third-order valence-electron chi connectivity index (χ3n) is 3.19. The molecule has 1 N–H and O–H groups in total. The van der Waals surface area contributed by atoms with Crippen LogP contribution in [0.4, 0.5) is 0 Å². The lowest BCUT2D eigenvalue weighted by Crippen LogP contribution is -2.38.